The van der Waals surface area contributed by atoms with E-state index in [-0.39, 0.29) is 77.5 Å². The molecule has 0 amide bonds. The Labute approximate surface area is 457 Å². The van der Waals surface area contributed by atoms with Crippen LogP contribution in [0.1, 0.15) is 147 Å². The molecular weight excluding hydrogens is 1010 g/mol. The van der Waals surface area contributed by atoms with E-state index >= 15 is 4.79 Å². The highest BCUT2D eigenvalue weighted by Crippen LogP contribution is 2.70. The third-order valence-corrected chi connectivity index (χ3v) is 19.1. The van der Waals surface area contributed by atoms with Crippen LogP contribution in [0, 0.1) is 34.5 Å². The predicted molar refractivity (Wildman–Crippen MR) is 284 cm³/mol. The SMILES string of the molecule is CC[N+](CC)(CC(=O)OCC(=O)[C@@]12O[C@H](C3CCCCC3)O[C@@H]1C[C@H]1[C@@H]3CCC4=CC(=O)C=C[C@]4(C)[C@H]3[C@@H](O)C[C@@]12C)Cc1cc([C@@H](O)CNCCCCCCOCCCCc2ccccc2)ccc1OP(=O)(O)O.[Cl-]. The zero-order valence-electron chi connectivity index (χ0n) is 45.4. The van der Waals surface area contributed by atoms with E-state index in [0.29, 0.717) is 43.6 Å². The average molecular weight is 1100 g/mol. The van der Waals surface area contributed by atoms with Crippen LogP contribution >= 0.6 is 7.82 Å². The number of hydrogen-bond acceptors (Lipinski definition) is 12. The maximum Gasteiger partial charge on any atom is 0.524 e. The molecule has 76 heavy (non-hydrogen) atoms. The quantitative estimate of drug-likeness (QED) is 0.0310. The van der Waals surface area contributed by atoms with E-state index < -0.39 is 61.4 Å². The number of likely N-dealkylation sites (N-methyl/N-ethyl adjacent to an activating group) is 1. The molecule has 0 aromatic heterocycles. The Hall–Kier alpha value is -3.31. The number of carbonyl (C=O) groups excluding carboxylic acids is 3. The summed E-state index contributed by atoms with van der Waals surface area (Å²) in [7, 11) is -4.99. The van der Waals surface area contributed by atoms with Gasteiger partial charge in [0.25, 0.3) is 0 Å². The molecule has 15 nitrogen and oxygen atoms in total. The molecule has 17 heteroatoms. The van der Waals surface area contributed by atoms with Gasteiger partial charge in [0.05, 0.1) is 31.4 Å². The van der Waals surface area contributed by atoms with Gasteiger partial charge in [-0.05, 0) is 138 Å². The molecule has 5 fully saturated rings. The number of unbranched alkanes of at least 4 members (excludes halogenated alkanes) is 4. The Balaban J connectivity index is 0.00000840. The number of fused-ring (bicyclic) bond motifs is 7. The van der Waals surface area contributed by atoms with Gasteiger partial charge in [-0.3, -0.25) is 19.4 Å². The van der Waals surface area contributed by atoms with Crippen molar-refractivity contribution in [2.45, 2.75) is 167 Å². The summed E-state index contributed by atoms with van der Waals surface area (Å²) in [5.74, 6) is -1.09. The van der Waals surface area contributed by atoms with Crippen LogP contribution in [-0.4, -0.2) is 119 Å². The summed E-state index contributed by atoms with van der Waals surface area (Å²) in [6.45, 7) is 10.8. The van der Waals surface area contributed by atoms with Crippen molar-refractivity contribution in [2.24, 2.45) is 34.5 Å². The first kappa shape index (κ1) is 60.3. The third kappa shape index (κ3) is 13.5. The summed E-state index contributed by atoms with van der Waals surface area (Å²) in [5, 5.41) is 26.9. The first-order chi connectivity index (χ1) is 35.9. The Morgan fingerprint density at radius 1 is 0.947 bits per heavy atom. The van der Waals surface area contributed by atoms with Gasteiger partial charge in [0, 0.05) is 48.0 Å². The number of phosphoric acid groups is 1. The van der Waals surface area contributed by atoms with Gasteiger partial charge in [0.15, 0.2) is 30.8 Å². The average Bonchev–Trinajstić information content (AvgIpc) is 3.90. The van der Waals surface area contributed by atoms with Crippen molar-refractivity contribution < 1.29 is 79.3 Å². The topological polar surface area (TPSA) is 207 Å². The van der Waals surface area contributed by atoms with E-state index in [1.807, 2.05) is 26.0 Å². The van der Waals surface area contributed by atoms with E-state index in [1.165, 1.54) is 11.6 Å². The summed E-state index contributed by atoms with van der Waals surface area (Å²) in [4.78, 5) is 61.6. The number of phosphoric ester groups is 1. The number of aliphatic hydroxyl groups is 2. The maximum absolute atomic E-state index is 15.2. The number of esters is 1. The molecule has 0 bridgehead atoms. The number of nitrogens with zero attached hydrogens (tertiary/aromatic N) is 1. The van der Waals surface area contributed by atoms with Crippen LogP contribution in [0.5, 0.6) is 5.75 Å². The number of ether oxygens (including phenoxy) is 4. The summed E-state index contributed by atoms with van der Waals surface area (Å²) in [6.07, 6.45) is 17.2. The Morgan fingerprint density at radius 2 is 1.67 bits per heavy atom. The van der Waals surface area contributed by atoms with Crippen LogP contribution < -0.4 is 22.2 Å². The number of allylic oxidation sites excluding steroid dienone is 4. The lowest BCUT2D eigenvalue weighted by atomic mass is 9.46. The first-order valence-electron chi connectivity index (χ1n) is 28.3. The monoisotopic (exact) mass is 1100 g/mol. The van der Waals surface area contributed by atoms with Gasteiger partial charge in [-0.25, -0.2) is 9.36 Å². The lowest BCUT2D eigenvalue weighted by molar-refractivity contribution is -0.931. The highest BCUT2D eigenvalue weighted by atomic mass is 35.5. The molecule has 2 aromatic rings. The van der Waals surface area contributed by atoms with E-state index in [9.17, 15) is 34.2 Å². The highest BCUT2D eigenvalue weighted by molar-refractivity contribution is 7.46. The highest BCUT2D eigenvalue weighted by Gasteiger charge is 2.76. The minimum atomic E-state index is -4.99. The molecule has 5 aliphatic carbocycles. The standard InChI is InChI=1S/C59H85N2O13P.ClH/c1-5-61(6-2,38-44-33-43(24-27-51(44)74-75(67,68)69)50(64)37-60-30-16-7-8-17-31-70-32-18-15-21-41-19-11-9-12-20-41)39-54(66)71-40-52(65)59-53(72-56(73-59)42-22-13-10-14-23-42)35-48-47-26-25-45-34-46(62)28-29-57(45,3)55(47)49(63)36-58(48,59)4;/h9,11-12,19-20,24,27-29,33-34,42,47-50,53,55-56,60,63-64H,5-8,10,13-18,21-23,25-26,30-32,35-40H2,1-4H3,(H-,67,68,69);1H/t47-,48-,49-,50-,53+,55+,56+,57-,58-,59+;/m0./s1. The van der Waals surface area contributed by atoms with Gasteiger partial charge in [-0.15, -0.1) is 0 Å². The van der Waals surface area contributed by atoms with Crippen LogP contribution in [0.3, 0.4) is 0 Å². The van der Waals surface area contributed by atoms with Crippen molar-refractivity contribution in [3.8, 4) is 5.75 Å². The number of nitrogens with one attached hydrogen (secondary N) is 1. The van der Waals surface area contributed by atoms with Crippen molar-refractivity contribution in [1.82, 2.24) is 5.32 Å². The molecule has 0 spiro atoms. The fourth-order valence-electron chi connectivity index (χ4n) is 14.5. The lowest BCUT2D eigenvalue weighted by Crippen LogP contribution is -3.00. The van der Waals surface area contributed by atoms with Crippen molar-refractivity contribution >= 4 is 25.4 Å². The van der Waals surface area contributed by atoms with Gasteiger partial charge in [-0.1, -0.05) is 94.0 Å². The molecule has 1 aliphatic heterocycles. The molecule has 8 rings (SSSR count). The number of aryl methyl sites for hydroxylation is 1. The number of benzene rings is 2. The molecule has 1 heterocycles. The van der Waals surface area contributed by atoms with Crippen molar-refractivity contribution in [1.29, 1.82) is 0 Å². The minimum absolute atomic E-state index is 0. The van der Waals surface area contributed by atoms with E-state index in [4.69, 9.17) is 23.5 Å². The third-order valence-electron chi connectivity index (χ3n) is 18.6. The summed E-state index contributed by atoms with van der Waals surface area (Å²) in [6, 6.07) is 15.2. The van der Waals surface area contributed by atoms with Crippen LogP contribution in [0.25, 0.3) is 0 Å². The summed E-state index contributed by atoms with van der Waals surface area (Å²) in [5.41, 5.74) is 0.570. The van der Waals surface area contributed by atoms with Crippen LogP contribution in [0.15, 0.2) is 72.3 Å². The number of hydrogen-bond donors (Lipinski definition) is 5. The Bertz CT molecular complexity index is 2390. The number of ketones is 2. The van der Waals surface area contributed by atoms with E-state index in [0.717, 1.165) is 109 Å². The zero-order valence-corrected chi connectivity index (χ0v) is 47.0. The predicted octanol–water partition coefficient (Wildman–Crippen LogP) is 5.80. The second-order valence-electron chi connectivity index (χ2n) is 23.2. The molecule has 10 atom stereocenters. The molecule has 0 radical (unpaired) electrons. The van der Waals surface area contributed by atoms with E-state index in [2.05, 4.69) is 43.4 Å². The number of carbonyl (C=O) groups is 3. The molecule has 422 valence electrons. The number of Topliss-reactive ketones (excluding diaryl/α,β-unsaturated/α-hetero) is 1. The normalized spacial score (nSPS) is 29.6. The molecule has 2 aromatic carbocycles. The van der Waals surface area contributed by atoms with Crippen molar-refractivity contribution in [3.63, 3.8) is 0 Å². The van der Waals surface area contributed by atoms with Crippen LogP contribution in [-0.2, 0) is 50.9 Å². The number of rotatable bonds is 27. The fraction of sp³-hybridized carbons (Fsp3) is 0.678. The van der Waals surface area contributed by atoms with Crippen molar-refractivity contribution in [3.05, 3.63) is 89.0 Å². The molecule has 6 aliphatic rings. The smallest absolute Gasteiger partial charge is 0.524 e. The first-order valence-corrected chi connectivity index (χ1v) is 29.8. The molecule has 5 N–H and O–H groups in total. The Morgan fingerprint density at radius 3 is 2.39 bits per heavy atom. The largest absolute Gasteiger partial charge is 1.00 e. The van der Waals surface area contributed by atoms with Crippen LogP contribution in [0.2, 0.25) is 0 Å². The van der Waals surface area contributed by atoms with E-state index in [1.54, 1.807) is 24.3 Å². The maximum atomic E-state index is 15.2. The lowest BCUT2D eigenvalue weighted by Gasteiger charge is -2.59. The van der Waals surface area contributed by atoms with Gasteiger partial charge in [-0.2, -0.15) is 0 Å². The number of halogens is 1. The summed E-state index contributed by atoms with van der Waals surface area (Å²) >= 11 is 0. The number of quaternary nitrogens is 1. The second kappa shape index (κ2) is 26.3. The summed E-state index contributed by atoms with van der Waals surface area (Å²) < 4.78 is 43.3. The minimum Gasteiger partial charge on any atom is -1.00 e. The molecule has 0 unspecified atom stereocenters. The van der Waals surface area contributed by atoms with Gasteiger partial charge in [0.2, 0.25) is 5.78 Å². The molecule has 1 saturated heterocycles. The Kier molecular flexibility index (Phi) is 20.9. The van der Waals surface area contributed by atoms with Gasteiger partial charge >= 0.3 is 13.8 Å². The van der Waals surface area contributed by atoms with Gasteiger partial charge < -0.3 is 55.9 Å². The fourth-order valence-corrected chi connectivity index (χ4v) is 14.9. The second-order valence-corrected chi connectivity index (χ2v) is 24.4. The zero-order chi connectivity index (χ0) is 53.4. The van der Waals surface area contributed by atoms with Crippen LogP contribution in [0.4, 0.5) is 0 Å². The van der Waals surface area contributed by atoms with Crippen molar-refractivity contribution in [2.75, 3.05) is 52.5 Å². The van der Waals surface area contributed by atoms with Gasteiger partial charge in [0.1, 0.15) is 12.3 Å². The molecular formula is C59H86ClN2O13P. The number of aliphatic hydroxyl groups excluding tert-OH is 2. The molecule has 4 saturated carbocycles.